The molecule has 0 saturated heterocycles. The molecule has 0 unspecified atom stereocenters. The summed E-state index contributed by atoms with van der Waals surface area (Å²) in [4.78, 5) is 6.77. The van der Waals surface area contributed by atoms with E-state index in [1.165, 1.54) is 30.6 Å². The molecule has 3 rings (SSSR count). The first kappa shape index (κ1) is 13.1. The Morgan fingerprint density at radius 3 is 2.00 bits per heavy atom. The fourth-order valence-corrected chi connectivity index (χ4v) is 2.11. The van der Waals surface area contributed by atoms with Gasteiger partial charge in [0.25, 0.3) is 0 Å². The zero-order chi connectivity index (χ0) is 15.0. The molecule has 0 aliphatic rings. The third-order valence-corrected chi connectivity index (χ3v) is 3.07. The van der Waals surface area contributed by atoms with Gasteiger partial charge in [-0.2, -0.15) is 0 Å². The van der Waals surface area contributed by atoms with Crippen molar-refractivity contribution in [2.24, 2.45) is 0 Å². The second-order valence-electron chi connectivity index (χ2n) is 4.45. The van der Waals surface area contributed by atoms with Gasteiger partial charge in [-0.15, -0.1) is 0 Å². The second kappa shape index (κ2) is 4.90. The predicted molar refractivity (Wildman–Crippen MR) is 72.7 cm³/mol. The zero-order valence-corrected chi connectivity index (χ0v) is 10.6. The summed E-state index contributed by atoms with van der Waals surface area (Å²) in [5.74, 6) is -1.72. The first-order valence-electron chi connectivity index (χ1n) is 6.07. The molecule has 0 aliphatic carbocycles. The number of aromatic nitrogens is 2. The average molecular weight is 288 g/mol. The van der Waals surface area contributed by atoms with Crippen LogP contribution in [-0.4, -0.2) is 20.2 Å². The molecule has 0 spiro atoms. The molecule has 21 heavy (non-hydrogen) atoms. The van der Waals surface area contributed by atoms with E-state index in [-0.39, 0.29) is 34.0 Å². The molecular weight excluding hydrogens is 278 g/mol. The molecule has 106 valence electrons. The molecule has 1 aromatic heterocycles. The van der Waals surface area contributed by atoms with Gasteiger partial charge in [-0.1, -0.05) is 0 Å². The molecule has 0 aliphatic heterocycles. The summed E-state index contributed by atoms with van der Waals surface area (Å²) in [6.45, 7) is 0. The first-order valence-corrected chi connectivity index (χ1v) is 6.07. The maximum Gasteiger partial charge on any atom is 0.136 e. The van der Waals surface area contributed by atoms with Crippen LogP contribution in [0.3, 0.4) is 0 Å². The summed E-state index contributed by atoms with van der Waals surface area (Å²) in [6.07, 6.45) is 1.32. The van der Waals surface area contributed by atoms with Crippen molar-refractivity contribution in [2.75, 3.05) is 0 Å². The van der Waals surface area contributed by atoms with Crippen LogP contribution in [-0.2, 0) is 0 Å². The van der Waals surface area contributed by atoms with E-state index in [9.17, 15) is 19.0 Å². The van der Waals surface area contributed by atoms with Crippen LogP contribution in [0, 0.1) is 11.6 Å². The summed E-state index contributed by atoms with van der Waals surface area (Å²) >= 11 is 0. The molecular formula is C15H10F2N2O2. The number of rotatable bonds is 2. The number of H-pyrrole nitrogens is 1. The quantitative estimate of drug-likeness (QED) is 0.676. The van der Waals surface area contributed by atoms with Gasteiger partial charge in [0.15, 0.2) is 0 Å². The summed E-state index contributed by atoms with van der Waals surface area (Å²) in [5, 5.41) is 18.5. The van der Waals surface area contributed by atoms with Crippen molar-refractivity contribution >= 4 is 0 Å². The van der Waals surface area contributed by atoms with E-state index in [0.29, 0.717) is 0 Å². The summed E-state index contributed by atoms with van der Waals surface area (Å²) < 4.78 is 27.9. The molecule has 3 N–H and O–H groups in total. The minimum atomic E-state index is -0.664. The molecule has 2 aromatic carbocycles. The fraction of sp³-hybridized carbons (Fsp3) is 0. The molecule has 0 radical (unpaired) electrons. The second-order valence-corrected chi connectivity index (χ2v) is 4.45. The Hall–Kier alpha value is -2.89. The molecule has 4 nitrogen and oxygen atoms in total. The summed E-state index contributed by atoms with van der Waals surface area (Å²) in [5.41, 5.74) is 0.804. The highest BCUT2D eigenvalue weighted by molar-refractivity contribution is 5.79. The van der Waals surface area contributed by atoms with Crippen LogP contribution in [0.1, 0.15) is 0 Å². The predicted octanol–water partition coefficient (Wildman–Crippen LogP) is 3.43. The lowest BCUT2D eigenvalue weighted by molar-refractivity contribution is 0.468. The minimum absolute atomic E-state index is 0.136. The van der Waals surface area contributed by atoms with Crippen molar-refractivity contribution in [1.29, 1.82) is 0 Å². The van der Waals surface area contributed by atoms with Crippen LogP contribution in [0.2, 0.25) is 0 Å². The van der Waals surface area contributed by atoms with Crippen molar-refractivity contribution in [2.45, 2.75) is 0 Å². The maximum absolute atomic E-state index is 13.9. The molecule has 3 aromatic rings. The highest BCUT2D eigenvalue weighted by Crippen LogP contribution is 2.34. The normalized spacial score (nSPS) is 10.8. The SMILES string of the molecule is Oc1ccc(-c2nc[nH]c2-c2ccc(O)cc2F)c(F)c1. The summed E-state index contributed by atoms with van der Waals surface area (Å²) in [6, 6.07) is 7.32. The Balaban J connectivity index is 2.17. The Labute approximate surface area is 118 Å². The van der Waals surface area contributed by atoms with E-state index in [0.717, 1.165) is 12.1 Å². The number of phenols is 2. The molecule has 0 atom stereocenters. The number of benzene rings is 2. The molecule has 0 bridgehead atoms. The van der Waals surface area contributed by atoms with E-state index in [4.69, 9.17) is 0 Å². The Bertz CT molecular complexity index is 749. The van der Waals surface area contributed by atoms with Crippen molar-refractivity contribution < 1.29 is 19.0 Å². The number of hydrogen-bond acceptors (Lipinski definition) is 3. The van der Waals surface area contributed by atoms with Crippen LogP contribution in [0.25, 0.3) is 22.5 Å². The lowest BCUT2D eigenvalue weighted by Crippen LogP contribution is -1.90. The van der Waals surface area contributed by atoms with Gasteiger partial charge in [0.05, 0.1) is 17.7 Å². The monoisotopic (exact) mass is 288 g/mol. The van der Waals surface area contributed by atoms with Gasteiger partial charge in [0.2, 0.25) is 0 Å². The maximum atomic E-state index is 13.9. The van der Waals surface area contributed by atoms with Crippen LogP contribution in [0.4, 0.5) is 8.78 Å². The van der Waals surface area contributed by atoms with Gasteiger partial charge in [-0.3, -0.25) is 0 Å². The molecule has 0 saturated carbocycles. The molecule has 0 fully saturated rings. The molecule has 6 heteroatoms. The number of aromatic hydroxyl groups is 2. The number of halogens is 2. The van der Waals surface area contributed by atoms with Gasteiger partial charge in [0.1, 0.15) is 23.1 Å². The number of aromatic amines is 1. The Kier molecular flexibility index (Phi) is 3.06. The van der Waals surface area contributed by atoms with E-state index in [2.05, 4.69) is 9.97 Å². The Morgan fingerprint density at radius 2 is 1.43 bits per heavy atom. The van der Waals surface area contributed by atoms with E-state index in [1.54, 1.807) is 0 Å². The van der Waals surface area contributed by atoms with Crippen molar-refractivity contribution in [3.63, 3.8) is 0 Å². The highest BCUT2D eigenvalue weighted by atomic mass is 19.1. The number of nitrogens with zero attached hydrogens (tertiary/aromatic N) is 1. The summed E-state index contributed by atoms with van der Waals surface area (Å²) in [7, 11) is 0. The first-order chi connectivity index (χ1) is 10.1. The van der Waals surface area contributed by atoms with Gasteiger partial charge in [0, 0.05) is 23.3 Å². The smallest absolute Gasteiger partial charge is 0.136 e. The van der Waals surface area contributed by atoms with Crippen molar-refractivity contribution in [3.8, 4) is 34.0 Å². The Morgan fingerprint density at radius 1 is 0.857 bits per heavy atom. The zero-order valence-electron chi connectivity index (χ0n) is 10.6. The standard InChI is InChI=1S/C15H10F2N2O2/c16-12-5-8(20)1-3-10(12)14-15(19-7-18-14)11-4-2-9(21)6-13(11)17/h1-7,20-21H,(H,18,19). The number of phenolic OH excluding ortho intramolecular Hbond substituents is 2. The topological polar surface area (TPSA) is 69.1 Å². The van der Waals surface area contributed by atoms with Crippen LogP contribution >= 0.6 is 0 Å². The van der Waals surface area contributed by atoms with Crippen LogP contribution in [0.15, 0.2) is 42.7 Å². The average Bonchev–Trinajstić information content (AvgIpc) is 2.87. The lowest BCUT2D eigenvalue weighted by atomic mass is 10.0. The largest absolute Gasteiger partial charge is 0.508 e. The number of hydrogen-bond donors (Lipinski definition) is 3. The third kappa shape index (κ3) is 2.31. The molecule has 0 amide bonds. The number of imidazole rings is 1. The van der Waals surface area contributed by atoms with E-state index in [1.807, 2.05) is 0 Å². The van der Waals surface area contributed by atoms with Gasteiger partial charge >= 0.3 is 0 Å². The van der Waals surface area contributed by atoms with Crippen LogP contribution in [0.5, 0.6) is 11.5 Å². The number of nitrogens with one attached hydrogen (secondary N) is 1. The van der Waals surface area contributed by atoms with Crippen molar-refractivity contribution in [3.05, 3.63) is 54.4 Å². The van der Waals surface area contributed by atoms with Crippen molar-refractivity contribution in [1.82, 2.24) is 9.97 Å². The highest BCUT2D eigenvalue weighted by Gasteiger charge is 2.17. The fourth-order valence-electron chi connectivity index (χ4n) is 2.11. The lowest BCUT2D eigenvalue weighted by Gasteiger charge is -2.06. The molecule has 1 heterocycles. The minimum Gasteiger partial charge on any atom is -0.508 e. The van der Waals surface area contributed by atoms with Crippen LogP contribution < -0.4 is 0 Å². The van der Waals surface area contributed by atoms with E-state index < -0.39 is 11.6 Å². The van der Waals surface area contributed by atoms with Gasteiger partial charge < -0.3 is 15.2 Å². The van der Waals surface area contributed by atoms with Gasteiger partial charge in [-0.05, 0) is 24.3 Å². The third-order valence-electron chi connectivity index (χ3n) is 3.07. The van der Waals surface area contributed by atoms with E-state index >= 15 is 0 Å². The van der Waals surface area contributed by atoms with Gasteiger partial charge in [-0.25, -0.2) is 13.8 Å².